The maximum atomic E-state index is 11.3. The van der Waals surface area contributed by atoms with Crippen molar-refractivity contribution in [3.63, 3.8) is 0 Å². The van der Waals surface area contributed by atoms with Crippen LogP contribution in [0.25, 0.3) is 0 Å². The summed E-state index contributed by atoms with van der Waals surface area (Å²) in [5, 5.41) is 0. The van der Waals surface area contributed by atoms with Crippen molar-refractivity contribution in [1.82, 2.24) is 0 Å². The zero-order valence-electron chi connectivity index (χ0n) is 9.52. The van der Waals surface area contributed by atoms with Gasteiger partial charge in [-0.25, -0.2) is 8.42 Å². The highest BCUT2D eigenvalue weighted by atomic mass is 79.9. The monoisotopic (exact) mass is 314 g/mol. The van der Waals surface area contributed by atoms with E-state index in [1.54, 1.807) is 0 Å². The molecule has 0 aromatic carbocycles. The van der Waals surface area contributed by atoms with Gasteiger partial charge in [-0.1, -0.05) is 29.3 Å². The van der Waals surface area contributed by atoms with Crippen molar-refractivity contribution in [2.75, 3.05) is 31.3 Å². The summed E-state index contributed by atoms with van der Waals surface area (Å²) >= 11 is 3.33. The molecule has 1 saturated heterocycles. The summed E-state index contributed by atoms with van der Waals surface area (Å²) in [5.41, 5.74) is 0. The molecule has 6 heteroatoms. The third kappa shape index (κ3) is 5.12. The summed E-state index contributed by atoms with van der Waals surface area (Å²) in [4.78, 5) is -0.0758. The Labute approximate surface area is 106 Å². The maximum Gasteiger partial charge on any atom is 0.154 e. The summed E-state index contributed by atoms with van der Waals surface area (Å²) in [6, 6.07) is 0. The topological polar surface area (TPSA) is 52.6 Å². The van der Waals surface area contributed by atoms with E-state index in [1.807, 2.05) is 0 Å². The van der Waals surface area contributed by atoms with E-state index in [4.69, 9.17) is 9.47 Å². The molecule has 0 bridgehead atoms. The average molecular weight is 315 g/mol. The standard InChI is InChI=1S/C10H19BrO4S/c1-2-3-4-14-5-6-15-10-8-16(12,13)7-9(10)11/h9-10H,2-8H2,1H3. The lowest BCUT2D eigenvalue weighted by atomic mass is 10.3. The molecule has 0 aliphatic carbocycles. The van der Waals surface area contributed by atoms with Crippen molar-refractivity contribution in [2.24, 2.45) is 0 Å². The molecule has 0 aromatic heterocycles. The third-order valence-corrected chi connectivity index (χ3v) is 5.48. The number of hydrogen-bond acceptors (Lipinski definition) is 4. The van der Waals surface area contributed by atoms with Crippen molar-refractivity contribution in [2.45, 2.75) is 30.7 Å². The Bertz CT molecular complexity index is 291. The Morgan fingerprint density at radius 3 is 2.56 bits per heavy atom. The molecule has 4 nitrogen and oxygen atoms in total. The van der Waals surface area contributed by atoms with Crippen LogP contribution in [-0.4, -0.2) is 50.7 Å². The minimum atomic E-state index is -2.91. The molecule has 0 N–H and O–H groups in total. The minimum absolute atomic E-state index is 0.0758. The molecule has 0 saturated carbocycles. The number of unbranched alkanes of at least 4 members (excludes halogenated alkanes) is 1. The van der Waals surface area contributed by atoms with E-state index in [0.29, 0.717) is 13.2 Å². The van der Waals surface area contributed by atoms with Crippen LogP contribution in [0.5, 0.6) is 0 Å². The van der Waals surface area contributed by atoms with Gasteiger partial charge in [-0.05, 0) is 6.42 Å². The van der Waals surface area contributed by atoms with E-state index in [2.05, 4.69) is 22.9 Å². The molecular weight excluding hydrogens is 296 g/mol. The van der Waals surface area contributed by atoms with Crippen LogP contribution >= 0.6 is 15.9 Å². The molecule has 1 aliphatic heterocycles. The van der Waals surface area contributed by atoms with Crippen molar-refractivity contribution >= 4 is 25.8 Å². The SMILES string of the molecule is CCCCOCCOC1CS(=O)(=O)CC1Br. The number of halogens is 1. The molecule has 1 aliphatic rings. The fourth-order valence-electron chi connectivity index (χ4n) is 1.53. The Morgan fingerprint density at radius 1 is 1.25 bits per heavy atom. The van der Waals surface area contributed by atoms with Gasteiger partial charge in [0.25, 0.3) is 0 Å². The summed E-state index contributed by atoms with van der Waals surface area (Å²) in [5.74, 6) is 0.298. The van der Waals surface area contributed by atoms with E-state index in [1.165, 1.54) is 0 Å². The van der Waals surface area contributed by atoms with Gasteiger partial charge in [0.1, 0.15) is 0 Å². The second kappa shape index (κ2) is 6.93. The molecule has 2 atom stereocenters. The fourth-order valence-corrected chi connectivity index (χ4v) is 4.99. The lowest BCUT2D eigenvalue weighted by molar-refractivity contribution is 0.0173. The smallest absolute Gasteiger partial charge is 0.154 e. The molecule has 96 valence electrons. The normalized spacial score (nSPS) is 28.4. The van der Waals surface area contributed by atoms with Gasteiger partial charge in [0, 0.05) is 6.61 Å². The van der Waals surface area contributed by atoms with E-state index in [-0.39, 0.29) is 22.4 Å². The highest BCUT2D eigenvalue weighted by molar-refractivity contribution is 9.09. The van der Waals surface area contributed by atoms with Gasteiger partial charge < -0.3 is 9.47 Å². The highest BCUT2D eigenvalue weighted by Gasteiger charge is 2.36. The van der Waals surface area contributed by atoms with Gasteiger partial charge in [-0.2, -0.15) is 0 Å². The van der Waals surface area contributed by atoms with Crippen LogP contribution < -0.4 is 0 Å². The number of hydrogen-bond donors (Lipinski definition) is 0. The Balaban J connectivity index is 2.10. The Morgan fingerprint density at radius 2 is 2.00 bits per heavy atom. The third-order valence-electron chi connectivity index (χ3n) is 2.44. The maximum absolute atomic E-state index is 11.3. The van der Waals surface area contributed by atoms with Gasteiger partial charge in [-0.15, -0.1) is 0 Å². The van der Waals surface area contributed by atoms with Crippen molar-refractivity contribution in [3.8, 4) is 0 Å². The molecule has 0 aromatic rings. The van der Waals surface area contributed by atoms with Crippen molar-refractivity contribution in [1.29, 1.82) is 0 Å². The van der Waals surface area contributed by atoms with Gasteiger partial charge in [0.2, 0.25) is 0 Å². The predicted molar refractivity (Wildman–Crippen MR) is 66.8 cm³/mol. The molecule has 16 heavy (non-hydrogen) atoms. The molecule has 2 unspecified atom stereocenters. The first-order valence-electron chi connectivity index (χ1n) is 5.59. The lowest BCUT2D eigenvalue weighted by Crippen LogP contribution is -2.24. The van der Waals surface area contributed by atoms with Crippen LogP contribution in [0.1, 0.15) is 19.8 Å². The van der Waals surface area contributed by atoms with E-state index < -0.39 is 9.84 Å². The van der Waals surface area contributed by atoms with E-state index >= 15 is 0 Å². The van der Waals surface area contributed by atoms with Crippen LogP contribution in [0.15, 0.2) is 0 Å². The Kier molecular flexibility index (Phi) is 6.25. The number of rotatable bonds is 7. The van der Waals surface area contributed by atoms with Crippen molar-refractivity contribution in [3.05, 3.63) is 0 Å². The summed E-state index contributed by atoms with van der Waals surface area (Å²) in [6.07, 6.45) is 1.95. The van der Waals surface area contributed by atoms with Gasteiger partial charge in [0.05, 0.1) is 35.7 Å². The summed E-state index contributed by atoms with van der Waals surface area (Å²) < 4.78 is 33.4. The van der Waals surface area contributed by atoms with E-state index in [9.17, 15) is 8.42 Å². The fraction of sp³-hybridized carbons (Fsp3) is 1.00. The van der Waals surface area contributed by atoms with Crippen LogP contribution in [-0.2, 0) is 19.3 Å². The average Bonchev–Trinajstić information content (AvgIpc) is 2.45. The van der Waals surface area contributed by atoms with Crippen LogP contribution in [0, 0.1) is 0 Å². The number of sulfone groups is 1. The minimum Gasteiger partial charge on any atom is -0.379 e. The lowest BCUT2D eigenvalue weighted by Gasteiger charge is -2.13. The second-order valence-corrected chi connectivity index (χ2v) is 7.30. The predicted octanol–water partition coefficient (Wildman–Crippen LogP) is 1.38. The van der Waals surface area contributed by atoms with Crippen molar-refractivity contribution < 1.29 is 17.9 Å². The molecule has 1 rings (SSSR count). The quantitative estimate of drug-likeness (QED) is 0.526. The first-order chi connectivity index (χ1) is 7.55. The van der Waals surface area contributed by atoms with E-state index in [0.717, 1.165) is 19.4 Å². The number of ether oxygens (including phenoxy) is 2. The van der Waals surface area contributed by atoms with Gasteiger partial charge in [0.15, 0.2) is 9.84 Å². The molecule has 0 radical (unpaired) electrons. The second-order valence-electron chi connectivity index (χ2n) is 3.97. The zero-order valence-corrected chi connectivity index (χ0v) is 11.9. The largest absolute Gasteiger partial charge is 0.379 e. The zero-order chi connectivity index (χ0) is 12.0. The molecule has 0 amide bonds. The highest BCUT2D eigenvalue weighted by Crippen LogP contribution is 2.22. The first-order valence-corrected chi connectivity index (χ1v) is 8.32. The Hall–Kier alpha value is 0.350. The van der Waals surface area contributed by atoms with Crippen LogP contribution in [0.2, 0.25) is 0 Å². The summed E-state index contributed by atoms with van der Waals surface area (Å²) in [6.45, 7) is 3.86. The first kappa shape index (κ1) is 14.4. The molecular formula is C10H19BrO4S. The van der Waals surface area contributed by atoms with Gasteiger partial charge >= 0.3 is 0 Å². The molecule has 1 heterocycles. The van der Waals surface area contributed by atoms with Crippen LogP contribution in [0.3, 0.4) is 0 Å². The molecule has 1 fully saturated rings. The number of alkyl halides is 1. The summed E-state index contributed by atoms with van der Waals surface area (Å²) in [7, 11) is -2.91. The molecule has 0 spiro atoms. The van der Waals surface area contributed by atoms with Gasteiger partial charge in [-0.3, -0.25) is 0 Å². The van der Waals surface area contributed by atoms with Crippen LogP contribution in [0.4, 0.5) is 0 Å².